The van der Waals surface area contributed by atoms with E-state index in [9.17, 15) is 8.42 Å². The van der Waals surface area contributed by atoms with Crippen molar-refractivity contribution in [1.29, 1.82) is 0 Å². The molecule has 21 heavy (non-hydrogen) atoms. The summed E-state index contributed by atoms with van der Waals surface area (Å²) in [6.07, 6.45) is 0.637. The summed E-state index contributed by atoms with van der Waals surface area (Å²) in [4.78, 5) is 1.02. The Kier molecular flexibility index (Phi) is 5.16. The molecule has 0 radical (unpaired) electrons. The number of nitrogens with zero attached hydrogens (tertiary/aromatic N) is 1. The van der Waals surface area contributed by atoms with Crippen molar-refractivity contribution in [3.8, 4) is 0 Å². The van der Waals surface area contributed by atoms with E-state index in [2.05, 4.69) is 0 Å². The molecule has 0 fully saturated rings. The zero-order valence-corrected chi connectivity index (χ0v) is 14.4. The standard InChI is InChI=1S/C13H14Cl2N2O2S2/c1-17(5-4-10-3-2-6-20-10)21(18,19)13-11(15)7-9(14)8-12(13)16/h2-3,6-8H,4-5,16H2,1H3. The Morgan fingerprint density at radius 1 is 1.33 bits per heavy atom. The van der Waals surface area contributed by atoms with Crippen molar-refractivity contribution in [3.63, 3.8) is 0 Å². The molecule has 2 aromatic rings. The van der Waals surface area contributed by atoms with Gasteiger partial charge in [-0.25, -0.2) is 12.7 Å². The van der Waals surface area contributed by atoms with E-state index in [-0.39, 0.29) is 15.6 Å². The first-order valence-corrected chi connectivity index (χ1v) is 9.13. The van der Waals surface area contributed by atoms with Crippen LogP contribution < -0.4 is 5.73 Å². The number of thiophene rings is 1. The summed E-state index contributed by atoms with van der Waals surface area (Å²) in [6, 6.07) is 6.66. The summed E-state index contributed by atoms with van der Waals surface area (Å²) in [5, 5.41) is 2.29. The fourth-order valence-corrected chi connectivity index (χ4v) is 4.66. The quantitative estimate of drug-likeness (QED) is 0.825. The molecule has 0 bridgehead atoms. The lowest BCUT2D eigenvalue weighted by Gasteiger charge is -2.19. The van der Waals surface area contributed by atoms with Crippen LogP contribution >= 0.6 is 34.5 Å². The predicted molar refractivity (Wildman–Crippen MR) is 88.7 cm³/mol. The molecule has 0 aliphatic heterocycles. The highest BCUT2D eigenvalue weighted by Gasteiger charge is 2.26. The molecule has 0 atom stereocenters. The maximum absolute atomic E-state index is 12.6. The average Bonchev–Trinajstić information content (AvgIpc) is 2.87. The highest BCUT2D eigenvalue weighted by Crippen LogP contribution is 2.32. The minimum absolute atomic E-state index is 0.0305. The van der Waals surface area contributed by atoms with E-state index in [0.29, 0.717) is 18.0 Å². The molecule has 1 aromatic heterocycles. The van der Waals surface area contributed by atoms with Crippen LogP contribution in [0.1, 0.15) is 4.88 Å². The second-order valence-corrected chi connectivity index (χ2v) is 8.32. The van der Waals surface area contributed by atoms with Gasteiger partial charge in [0.25, 0.3) is 0 Å². The minimum Gasteiger partial charge on any atom is -0.398 e. The summed E-state index contributed by atoms with van der Waals surface area (Å²) in [5.41, 5.74) is 5.82. The molecular weight excluding hydrogens is 351 g/mol. The van der Waals surface area contributed by atoms with Crippen LogP contribution in [0.2, 0.25) is 10.0 Å². The van der Waals surface area contributed by atoms with Crippen LogP contribution in [-0.2, 0) is 16.4 Å². The summed E-state index contributed by atoms with van der Waals surface area (Å²) < 4.78 is 26.4. The van der Waals surface area contributed by atoms with Crippen molar-refractivity contribution in [3.05, 3.63) is 44.6 Å². The first-order valence-electron chi connectivity index (χ1n) is 6.05. The summed E-state index contributed by atoms with van der Waals surface area (Å²) in [5.74, 6) is 0. The summed E-state index contributed by atoms with van der Waals surface area (Å²) in [7, 11) is -2.24. The van der Waals surface area contributed by atoms with Crippen LogP contribution in [0, 0.1) is 0 Å². The Hall–Kier alpha value is -0.790. The number of rotatable bonds is 5. The number of hydrogen-bond acceptors (Lipinski definition) is 4. The first kappa shape index (κ1) is 16.6. The van der Waals surface area contributed by atoms with Crippen LogP contribution in [0.25, 0.3) is 0 Å². The molecule has 8 heteroatoms. The molecule has 0 spiro atoms. The van der Waals surface area contributed by atoms with Crippen LogP contribution in [0.5, 0.6) is 0 Å². The number of halogens is 2. The first-order chi connectivity index (χ1) is 9.82. The van der Waals surface area contributed by atoms with Crippen LogP contribution in [-0.4, -0.2) is 26.3 Å². The Bertz CT molecular complexity index is 708. The van der Waals surface area contributed by atoms with Crippen LogP contribution in [0.4, 0.5) is 5.69 Å². The molecule has 4 nitrogen and oxygen atoms in total. The van der Waals surface area contributed by atoms with Gasteiger partial charge in [-0.2, -0.15) is 0 Å². The Morgan fingerprint density at radius 3 is 2.62 bits per heavy atom. The third-order valence-corrected chi connectivity index (χ3v) is 6.50. The van der Waals surface area contributed by atoms with Gasteiger partial charge in [0.15, 0.2) is 0 Å². The van der Waals surface area contributed by atoms with E-state index in [4.69, 9.17) is 28.9 Å². The van der Waals surface area contributed by atoms with Gasteiger partial charge >= 0.3 is 0 Å². The fraction of sp³-hybridized carbons (Fsp3) is 0.231. The van der Waals surface area contributed by atoms with Crippen LogP contribution in [0.3, 0.4) is 0 Å². The van der Waals surface area contributed by atoms with Gasteiger partial charge in [0, 0.05) is 23.5 Å². The third kappa shape index (κ3) is 3.70. The SMILES string of the molecule is CN(CCc1cccs1)S(=O)(=O)c1c(N)cc(Cl)cc1Cl. The predicted octanol–water partition coefficient (Wildman–Crippen LogP) is 3.50. The monoisotopic (exact) mass is 364 g/mol. The zero-order valence-electron chi connectivity index (χ0n) is 11.2. The van der Waals surface area contributed by atoms with Gasteiger partial charge in [0.2, 0.25) is 10.0 Å². The maximum Gasteiger partial charge on any atom is 0.246 e. The number of likely N-dealkylation sites (N-methyl/N-ethyl adjacent to an activating group) is 1. The number of nitrogen functional groups attached to an aromatic ring is 1. The van der Waals surface area contributed by atoms with Gasteiger partial charge in [-0.05, 0) is 30.0 Å². The minimum atomic E-state index is -3.75. The lowest BCUT2D eigenvalue weighted by molar-refractivity contribution is 0.474. The van der Waals surface area contributed by atoms with E-state index in [1.807, 2.05) is 17.5 Å². The molecule has 0 amide bonds. The number of anilines is 1. The lowest BCUT2D eigenvalue weighted by Crippen LogP contribution is -2.29. The van der Waals surface area contributed by atoms with E-state index in [1.165, 1.54) is 23.5 Å². The zero-order chi connectivity index (χ0) is 15.6. The average molecular weight is 365 g/mol. The van der Waals surface area contributed by atoms with E-state index >= 15 is 0 Å². The number of nitrogens with two attached hydrogens (primary N) is 1. The van der Waals surface area contributed by atoms with Crippen molar-refractivity contribution >= 4 is 50.2 Å². The van der Waals surface area contributed by atoms with E-state index in [0.717, 1.165) is 4.88 Å². The molecule has 2 rings (SSSR count). The van der Waals surface area contributed by atoms with E-state index < -0.39 is 10.0 Å². The lowest BCUT2D eigenvalue weighted by atomic mass is 10.3. The number of sulfonamides is 1. The van der Waals surface area contributed by atoms with Gasteiger partial charge in [-0.15, -0.1) is 11.3 Å². The van der Waals surface area contributed by atoms with Crippen molar-refractivity contribution < 1.29 is 8.42 Å². The van der Waals surface area contributed by atoms with Crippen LogP contribution in [0.15, 0.2) is 34.5 Å². The smallest absolute Gasteiger partial charge is 0.246 e. The van der Waals surface area contributed by atoms with Crippen molar-refractivity contribution in [2.75, 3.05) is 19.3 Å². The Balaban J connectivity index is 2.25. The largest absolute Gasteiger partial charge is 0.398 e. The molecule has 0 saturated heterocycles. The molecular formula is C13H14Cl2N2O2S2. The van der Waals surface area contributed by atoms with Gasteiger partial charge in [-0.3, -0.25) is 0 Å². The van der Waals surface area contributed by atoms with E-state index in [1.54, 1.807) is 11.3 Å². The molecule has 0 saturated carbocycles. The molecule has 0 aliphatic rings. The Labute approximate surface area is 138 Å². The van der Waals surface area contributed by atoms with Gasteiger partial charge in [0.05, 0.1) is 10.7 Å². The number of hydrogen-bond donors (Lipinski definition) is 1. The normalized spacial score (nSPS) is 12.0. The molecule has 1 aromatic carbocycles. The topological polar surface area (TPSA) is 63.4 Å². The number of benzene rings is 1. The summed E-state index contributed by atoms with van der Waals surface area (Å²) >= 11 is 13.4. The highest BCUT2D eigenvalue weighted by atomic mass is 35.5. The maximum atomic E-state index is 12.6. The van der Waals surface area contributed by atoms with Crippen molar-refractivity contribution in [1.82, 2.24) is 4.31 Å². The molecule has 1 heterocycles. The summed E-state index contributed by atoms with van der Waals surface area (Å²) in [6.45, 7) is 0.348. The fourth-order valence-electron chi connectivity index (χ4n) is 1.85. The van der Waals surface area contributed by atoms with Crippen molar-refractivity contribution in [2.24, 2.45) is 0 Å². The third-order valence-electron chi connectivity index (χ3n) is 2.96. The van der Waals surface area contributed by atoms with Gasteiger partial charge in [-0.1, -0.05) is 29.3 Å². The second-order valence-electron chi connectivity index (χ2n) is 4.46. The second kappa shape index (κ2) is 6.54. The van der Waals surface area contributed by atoms with Gasteiger partial charge < -0.3 is 5.73 Å². The Morgan fingerprint density at radius 2 is 2.05 bits per heavy atom. The highest BCUT2D eigenvalue weighted by molar-refractivity contribution is 7.89. The van der Waals surface area contributed by atoms with Gasteiger partial charge in [0.1, 0.15) is 4.90 Å². The molecule has 114 valence electrons. The molecule has 2 N–H and O–H groups in total. The molecule has 0 aliphatic carbocycles. The molecule has 0 unspecified atom stereocenters. The van der Waals surface area contributed by atoms with Crippen molar-refractivity contribution in [2.45, 2.75) is 11.3 Å².